The van der Waals surface area contributed by atoms with Crippen LogP contribution in [-0.2, 0) is 27.1 Å². The summed E-state index contributed by atoms with van der Waals surface area (Å²) in [6.45, 7) is 1.26. The van der Waals surface area contributed by atoms with E-state index in [4.69, 9.17) is 0 Å². The molecule has 1 aliphatic heterocycles. The number of piperidine rings is 1. The van der Waals surface area contributed by atoms with Gasteiger partial charge in [-0.15, -0.1) is 0 Å². The van der Waals surface area contributed by atoms with Crippen LogP contribution in [0.4, 0.5) is 5.69 Å². The van der Waals surface area contributed by atoms with Crippen LogP contribution >= 0.6 is 0 Å². The third-order valence-corrected chi connectivity index (χ3v) is 7.15. The van der Waals surface area contributed by atoms with Gasteiger partial charge in [0.15, 0.2) is 0 Å². The quantitative estimate of drug-likeness (QED) is 0.755. The molecule has 2 aromatic rings. The van der Waals surface area contributed by atoms with Gasteiger partial charge in [-0.2, -0.15) is 0 Å². The lowest BCUT2D eigenvalue weighted by Crippen LogP contribution is -2.43. The summed E-state index contributed by atoms with van der Waals surface area (Å²) in [4.78, 5) is 14.6. The van der Waals surface area contributed by atoms with Gasteiger partial charge < -0.3 is 10.2 Å². The summed E-state index contributed by atoms with van der Waals surface area (Å²) in [7, 11) is 0.610. The number of sulfonamides is 1. The lowest BCUT2D eigenvalue weighted by Gasteiger charge is -2.30. The van der Waals surface area contributed by atoms with E-state index < -0.39 is 10.0 Å². The molecule has 3 rings (SSSR count). The Bertz CT molecular complexity index is 921. The summed E-state index contributed by atoms with van der Waals surface area (Å²) in [5.74, 6) is -0.136. The lowest BCUT2D eigenvalue weighted by atomic mass is 9.97. The van der Waals surface area contributed by atoms with Gasteiger partial charge in [-0.25, -0.2) is 12.7 Å². The number of nitrogens with one attached hydrogen (secondary N) is 1. The van der Waals surface area contributed by atoms with Crippen LogP contribution in [0.2, 0.25) is 0 Å². The predicted octanol–water partition coefficient (Wildman–Crippen LogP) is 2.61. The van der Waals surface area contributed by atoms with Crippen LogP contribution < -0.4 is 10.2 Å². The van der Waals surface area contributed by atoms with Crippen LogP contribution in [0.1, 0.15) is 24.0 Å². The van der Waals surface area contributed by atoms with Crippen LogP contribution in [-0.4, -0.2) is 45.8 Å². The van der Waals surface area contributed by atoms with Gasteiger partial charge in [0.25, 0.3) is 0 Å². The van der Waals surface area contributed by atoms with E-state index in [-0.39, 0.29) is 17.6 Å². The molecular formula is C22H29N3O3S. The van der Waals surface area contributed by atoms with Crippen LogP contribution in [0, 0.1) is 5.92 Å². The highest BCUT2D eigenvalue weighted by Gasteiger charge is 2.31. The highest BCUT2D eigenvalue weighted by atomic mass is 32.2. The zero-order valence-corrected chi connectivity index (χ0v) is 17.9. The molecule has 0 spiro atoms. The molecule has 0 unspecified atom stereocenters. The summed E-state index contributed by atoms with van der Waals surface area (Å²) in [5, 5.41) is 3.00. The molecule has 156 valence electrons. The van der Waals surface area contributed by atoms with Crippen molar-refractivity contribution in [3.63, 3.8) is 0 Å². The maximum atomic E-state index is 12.7. The molecule has 1 fully saturated rings. The molecule has 7 heteroatoms. The third-order valence-electron chi connectivity index (χ3n) is 5.30. The molecular weight excluding hydrogens is 386 g/mol. The Kier molecular flexibility index (Phi) is 6.92. The Balaban J connectivity index is 1.50. The average molecular weight is 416 g/mol. The highest BCUT2D eigenvalue weighted by molar-refractivity contribution is 7.88. The Morgan fingerprint density at radius 2 is 1.69 bits per heavy atom. The predicted molar refractivity (Wildman–Crippen MR) is 116 cm³/mol. The van der Waals surface area contributed by atoms with E-state index in [0.717, 1.165) is 16.8 Å². The fourth-order valence-corrected chi connectivity index (χ4v) is 5.11. The molecule has 0 bridgehead atoms. The van der Waals surface area contributed by atoms with E-state index in [9.17, 15) is 13.2 Å². The van der Waals surface area contributed by atoms with Gasteiger partial charge in [-0.05, 0) is 36.1 Å². The summed E-state index contributed by atoms with van der Waals surface area (Å²) in [6.07, 6.45) is 1.11. The molecule has 6 nitrogen and oxygen atoms in total. The topological polar surface area (TPSA) is 69.7 Å². The number of carbonyl (C=O) groups excluding carboxylic acids is 1. The van der Waals surface area contributed by atoms with Crippen LogP contribution in [0.25, 0.3) is 0 Å². The molecule has 2 aromatic carbocycles. The number of carbonyl (C=O) groups is 1. The third kappa shape index (κ3) is 5.81. The Morgan fingerprint density at radius 1 is 1.03 bits per heavy atom. The van der Waals surface area contributed by atoms with Gasteiger partial charge in [0, 0.05) is 45.3 Å². The lowest BCUT2D eigenvalue weighted by molar-refractivity contribution is -0.126. The first kappa shape index (κ1) is 21.3. The summed E-state index contributed by atoms with van der Waals surface area (Å²) in [5.41, 5.74) is 2.92. The van der Waals surface area contributed by atoms with Crippen LogP contribution in [0.15, 0.2) is 54.6 Å². The van der Waals surface area contributed by atoms with Crippen molar-refractivity contribution >= 4 is 21.6 Å². The molecule has 1 heterocycles. The Morgan fingerprint density at radius 3 is 2.34 bits per heavy atom. The van der Waals surface area contributed by atoms with E-state index >= 15 is 0 Å². The Labute approximate surface area is 173 Å². The first-order chi connectivity index (χ1) is 13.8. The molecule has 1 saturated heterocycles. The minimum Gasteiger partial charge on any atom is -0.378 e. The van der Waals surface area contributed by atoms with E-state index in [1.54, 1.807) is 0 Å². The summed E-state index contributed by atoms with van der Waals surface area (Å²) >= 11 is 0. The van der Waals surface area contributed by atoms with Crippen molar-refractivity contribution in [1.29, 1.82) is 0 Å². The fraction of sp³-hybridized carbons (Fsp3) is 0.409. The second kappa shape index (κ2) is 9.41. The van der Waals surface area contributed by atoms with Crippen LogP contribution in [0.5, 0.6) is 0 Å². The van der Waals surface area contributed by atoms with Gasteiger partial charge in [0.1, 0.15) is 0 Å². The van der Waals surface area contributed by atoms with Gasteiger partial charge in [-0.1, -0.05) is 42.5 Å². The first-order valence-electron chi connectivity index (χ1n) is 9.91. The number of nitrogens with zero attached hydrogens (tertiary/aromatic N) is 2. The van der Waals surface area contributed by atoms with Crippen molar-refractivity contribution in [2.45, 2.75) is 25.1 Å². The second-order valence-corrected chi connectivity index (χ2v) is 9.67. The van der Waals surface area contributed by atoms with E-state index in [0.29, 0.717) is 32.5 Å². The standard InChI is InChI=1S/C22H29N3O3S/c1-24(2)21-10-6-9-19(15-21)16-23-22(26)20-11-13-25(14-12-20)29(27,28)17-18-7-4-3-5-8-18/h3-10,15,20H,11-14,16-17H2,1-2H3,(H,23,26). The molecule has 29 heavy (non-hydrogen) atoms. The van der Waals surface area contributed by atoms with Gasteiger partial charge in [0.2, 0.25) is 15.9 Å². The monoisotopic (exact) mass is 415 g/mol. The summed E-state index contributed by atoms with van der Waals surface area (Å²) in [6, 6.07) is 17.3. The molecule has 0 radical (unpaired) electrons. The van der Waals surface area contributed by atoms with Gasteiger partial charge >= 0.3 is 0 Å². The zero-order chi connectivity index (χ0) is 20.9. The number of rotatable bonds is 7. The van der Waals surface area contributed by atoms with Crippen molar-refractivity contribution in [2.24, 2.45) is 5.92 Å². The summed E-state index contributed by atoms with van der Waals surface area (Å²) < 4.78 is 26.8. The van der Waals surface area contributed by atoms with Gasteiger partial charge in [-0.3, -0.25) is 4.79 Å². The normalized spacial score (nSPS) is 15.8. The first-order valence-corrected chi connectivity index (χ1v) is 11.5. The molecule has 0 saturated carbocycles. The second-order valence-electron chi connectivity index (χ2n) is 7.70. The van der Waals surface area contributed by atoms with Crippen molar-refractivity contribution in [3.05, 3.63) is 65.7 Å². The van der Waals surface area contributed by atoms with Crippen molar-refractivity contribution in [2.75, 3.05) is 32.1 Å². The SMILES string of the molecule is CN(C)c1cccc(CNC(=O)C2CCN(S(=O)(=O)Cc3ccccc3)CC2)c1. The van der Waals surface area contributed by atoms with E-state index in [2.05, 4.69) is 11.4 Å². The molecule has 0 aromatic heterocycles. The van der Waals surface area contributed by atoms with Crippen molar-refractivity contribution in [3.8, 4) is 0 Å². The smallest absolute Gasteiger partial charge is 0.223 e. The Hall–Kier alpha value is -2.38. The number of benzene rings is 2. The fourth-order valence-electron chi connectivity index (χ4n) is 3.55. The van der Waals surface area contributed by atoms with Crippen molar-refractivity contribution in [1.82, 2.24) is 9.62 Å². The van der Waals surface area contributed by atoms with E-state index in [1.165, 1.54) is 4.31 Å². The molecule has 0 atom stereocenters. The van der Waals surface area contributed by atoms with Gasteiger partial charge in [0.05, 0.1) is 5.75 Å². The number of anilines is 1. The number of hydrogen-bond acceptors (Lipinski definition) is 4. The van der Waals surface area contributed by atoms with E-state index in [1.807, 2.05) is 67.5 Å². The molecule has 1 aliphatic rings. The number of hydrogen-bond donors (Lipinski definition) is 1. The maximum absolute atomic E-state index is 12.7. The average Bonchev–Trinajstić information content (AvgIpc) is 2.72. The number of amides is 1. The van der Waals surface area contributed by atoms with Crippen LogP contribution in [0.3, 0.4) is 0 Å². The zero-order valence-electron chi connectivity index (χ0n) is 17.0. The highest BCUT2D eigenvalue weighted by Crippen LogP contribution is 2.22. The largest absolute Gasteiger partial charge is 0.378 e. The minimum absolute atomic E-state index is 0.000337. The van der Waals surface area contributed by atoms with Crippen molar-refractivity contribution < 1.29 is 13.2 Å². The minimum atomic E-state index is -3.36. The maximum Gasteiger partial charge on any atom is 0.223 e. The molecule has 0 aliphatic carbocycles. The molecule has 1 N–H and O–H groups in total. The molecule has 1 amide bonds.